The molecular weight excluding hydrogens is 296 g/mol. The van der Waals surface area contributed by atoms with Crippen LogP contribution in [0.3, 0.4) is 0 Å². The van der Waals surface area contributed by atoms with Crippen LogP contribution in [0.2, 0.25) is 5.02 Å². The van der Waals surface area contributed by atoms with E-state index in [1.165, 1.54) is 0 Å². The van der Waals surface area contributed by atoms with Crippen molar-refractivity contribution >= 4 is 28.2 Å². The number of fused-ring (bicyclic) bond motifs is 1. The number of H-pyrrole nitrogens is 1. The summed E-state index contributed by atoms with van der Waals surface area (Å²) in [7, 11) is 0. The third-order valence-corrected chi connectivity index (χ3v) is 3.94. The molecule has 0 atom stereocenters. The Morgan fingerprint density at radius 1 is 1.32 bits per heavy atom. The van der Waals surface area contributed by atoms with Gasteiger partial charge in [0.25, 0.3) is 0 Å². The van der Waals surface area contributed by atoms with E-state index in [0.717, 1.165) is 45.0 Å². The van der Waals surface area contributed by atoms with E-state index >= 15 is 0 Å². The first-order chi connectivity index (χ1) is 10.7. The van der Waals surface area contributed by atoms with Gasteiger partial charge in [-0.2, -0.15) is 0 Å². The lowest BCUT2D eigenvalue weighted by atomic mass is 10.1. The number of hydrogen-bond donors (Lipinski definition) is 2. The molecule has 0 aliphatic carbocycles. The van der Waals surface area contributed by atoms with Crippen LogP contribution in [-0.2, 0) is 13.0 Å². The van der Waals surface area contributed by atoms with Crippen molar-refractivity contribution in [3.8, 4) is 0 Å². The molecular formula is C17H17ClN4. The van der Waals surface area contributed by atoms with Crippen LogP contribution in [0.4, 0.5) is 0 Å². The zero-order chi connectivity index (χ0) is 15.5. The van der Waals surface area contributed by atoms with Gasteiger partial charge >= 0.3 is 0 Å². The predicted octanol–water partition coefficient (Wildman–Crippen LogP) is 3.93. The first-order valence-electron chi connectivity index (χ1n) is 7.16. The molecule has 1 aromatic carbocycles. The summed E-state index contributed by atoms with van der Waals surface area (Å²) in [6.07, 6.45) is 5.90. The van der Waals surface area contributed by atoms with E-state index < -0.39 is 0 Å². The maximum atomic E-state index is 6.26. The minimum Gasteiger partial charge on any atom is -0.378 e. The van der Waals surface area contributed by atoms with Gasteiger partial charge in [0.2, 0.25) is 0 Å². The normalized spacial score (nSPS) is 10.8. The summed E-state index contributed by atoms with van der Waals surface area (Å²) in [5.74, 6) is 0. The van der Waals surface area contributed by atoms with E-state index in [1.807, 2.05) is 6.07 Å². The molecule has 2 N–H and O–H groups in total. The maximum Gasteiger partial charge on any atom is 0.104 e. The molecule has 2 heterocycles. The number of nitrogens with zero attached hydrogens (tertiary/aromatic N) is 2. The van der Waals surface area contributed by atoms with Crippen LogP contribution in [0.5, 0.6) is 0 Å². The highest BCUT2D eigenvalue weighted by Crippen LogP contribution is 2.25. The summed E-state index contributed by atoms with van der Waals surface area (Å²) in [4.78, 5) is 11.7. The van der Waals surface area contributed by atoms with E-state index in [2.05, 4.69) is 45.9 Å². The number of benzene rings is 1. The highest BCUT2D eigenvalue weighted by atomic mass is 35.5. The Hall–Kier alpha value is -2.33. The largest absolute Gasteiger partial charge is 0.378 e. The van der Waals surface area contributed by atoms with Crippen molar-refractivity contribution in [2.45, 2.75) is 19.9 Å². The molecule has 0 saturated carbocycles. The number of rotatable bonds is 5. The average Bonchev–Trinajstić information content (AvgIpc) is 2.94. The zero-order valence-corrected chi connectivity index (χ0v) is 13.1. The number of aromatic nitrogens is 3. The number of aryl methyl sites for hydroxylation is 1. The van der Waals surface area contributed by atoms with Gasteiger partial charge in [-0.1, -0.05) is 25.1 Å². The number of aromatic amines is 1. The molecule has 0 unspecified atom stereocenters. The Bertz CT molecular complexity index is 808. The third-order valence-electron chi connectivity index (χ3n) is 3.59. The van der Waals surface area contributed by atoms with E-state index in [1.54, 1.807) is 18.6 Å². The van der Waals surface area contributed by atoms with Crippen molar-refractivity contribution in [1.82, 2.24) is 20.3 Å². The van der Waals surface area contributed by atoms with Gasteiger partial charge in [0.05, 0.1) is 18.4 Å². The van der Waals surface area contributed by atoms with Crippen LogP contribution in [0, 0.1) is 0 Å². The van der Waals surface area contributed by atoms with Crippen LogP contribution in [0.15, 0.2) is 43.4 Å². The molecule has 0 aliphatic heterocycles. The van der Waals surface area contributed by atoms with Crippen molar-refractivity contribution in [2.24, 2.45) is 0 Å². The van der Waals surface area contributed by atoms with Crippen molar-refractivity contribution in [1.29, 1.82) is 0 Å². The topological polar surface area (TPSA) is 53.6 Å². The second-order valence-corrected chi connectivity index (χ2v) is 5.51. The SMILES string of the molecule is C=C(NCc1cc2cc(Cl)c(CC)cc2[nH]1)c1cnccn1. The van der Waals surface area contributed by atoms with Crippen LogP contribution >= 0.6 is 11.6 Å². The predicted molar refractivity (Wildman–Crippen MR) is 90.6 cm³/mol. The smallest absolute Gasteiger partial charge is 0.104 e. The van der Waals surface area contributed by atoms with E-state index in [-0.39, 0.29) is 0 Å². The number of nitrogens with one attached hydrogen (secondary N) is 2. The summed E-state index contributed by atoms with van der Waals surface area (Å²) >= 11 is 6.26. The van der Waals surface area contributed by atoms with Crippen LogP contribution in [0.1, 0.15) is 23.9 Å². The van der Waals surface area contributed by atoms with Crippen LogP contribution < -0.4 is 5.32 Å². The van der Waals surface area contributed by atoms with Crippen LogP contribution in [-0.4, -0.2) is 15.0 Å². The van der Waals surface area contributed by atoms with Gasteiger partial charge in [0, 0.05) is 34.0 Å². The molecule has 22 heavy (non-hydrogen) atoms. The number of hydrogen-bond acceptors (Lipinski definition) is 3. The molecule has 5 heteroatoms. The summed E-state index contributed by atoms with van der Waals surface area (Å²) < 4.78 is 0. The third kappa shape index (κ3) is 2.97. The minimum absolute atomic E-state index is 0.642. The van der Waals surface area contributed by atoms with Crippen LogP contribution in [0.25, 0.3) is 16.6 Å². The number of halogens is 1. The summed E-state index contributed by atoms with van der Waals surface area (Å²) in [6, 6.07) is 6.21. The minimum atomic E-state index is 0.642. The molecule has 2 aromatic heterocycles. The lowest BCUT2D eigenvalue weighted by Crippen LogP contribution is -2.12. The molecule has 3 aromatic rings. The van der Waals surface area contributed by atoms with Gasteiger partial charge in [0.15, 0.2) is 0 Å². The first-order valence-corrected chi connectivity index (χ1v) is 7.54. The molecule has 0 amide bonds. The van der Waals surface area contributed by atoms with Gasteiger partial charge in [-0.3, -0.25) is 9.97 Å². The maximum absolute atomic E-state index is 6.26. The monoisotopic (exact) mass is 312 g/mol. The van der Waals surface area contributed by atoms with Crippen molar-refractivity contribution in [3.63, 3.8) is 0 Å². The first kappa shape index (κ1) is 14.6. The second-order valence-electron chi connectivity index (χ2n) is 5.10. The summed E-state index contributed by atoms with van der Waals surface area (Å²) in [5, 5.41) is 5.19. The fraction of sp³-hybridized carbons (Fsp3) is 0.176. The van der Waals surface area contributed by atoms with Gasteiger partial charge in [-0.05, 0) is 30.2 Å². The molecule has 0 aliphatic rings. The highest BCUT2D eigenvalue weighted by molar-refractivity contribution is 6.32. The lowest BCUT2D eigenvalue weighted by Gasteiger charge is -2.07. The molecule has 0 spiro atoms. The van der Waals surface area contributed by atoms with Gasteiger partial charge < -0.3 is 10.3 Å². The Morgan fingerprint density at radius 3 is 2.91 bits per heavy atom. The zero-order valence-electron chi connectivity index (χ0n) is 12.4. The van der Waals surface area contributed by atoms with E-state index in [9.17, 15) is 0 Å². The molecule has 4 nitrogen and oxygen atoms in total. The Kier molecular flexibility index (Phi) is 4.11. The molecule has 0 saturated heterocycles. The molecule has 0 radical (unpaired) electrons. The van der Waals surface area contributed by atoms with Crippen molar-refractivity contribution in [2.75, 3.05) is 0 Å². The lowest BCUT2D eigenvalue weighted by molar-refractivity contribution is 0.859. The van der Waals surface area contributed by atoms with Gasteiger partial charge in [-0.25, -0.2) is 0 Å². The van der Waals surface area contributed by atoms with E-state index in [4.69, 9.17) is 11.6 Å². The fourth-order valence-corrected chi connectivity index (χ4v) is 2.68. The second kappa shape index (κ2) is 6.20. The highest BCUT2D eigenvalue weighted by Gasteiger charge is 2.06. The molecule has 0 bridgehead atoms. The molecule has 0 fully saturated rings. The Morgan fingerprint density at radius 2 is 2.18 bits per heavy atom. The quantitative estimate of drug-likeness (QED) is 0.750. The van der Waals surface area contributed by atoms with E-state index in [0.29, 0.717) is 6.54 Å². The van der Waals surface area contributed by atoms with Gasteiger partial charge in [-0.15, -0.1) is 0 Å². The molecule has 112 valence electrons. The standard InChI is InChI=1S/C17H17ClN4/c1-3-12-8-16-13(7-15(12)18)6-14(22-16)9-21-11(2)17-10-19-4-5-20-17/h4-8,10,21-22H,2-3,9H2,1H3. The Labute approximate surface area is 134 Å². The van der Waals surface area contributed by atoms with Gasteiger partial charge in [0.1, 0.15) is 5.69 Å². The van der Waals surface area contributed by atoms with Crippen molar-refractivity contribution < 1.29 is 0 Å². The van der Waals surface area contributed by atoms with Crippen molar-refractivity contribution in [3.05, 3.63) is 65.3 Å². The molecule has 3 rings (SSSR count). The average molecular weight is 313 g/mol. The Balaban J connectivity index is 1.76. The summed E-state index contributed by atoms with van der Waals surface area (Å²) in [6.45, 7) is 6.73. The fourth-order valence-electron chi connectivity index (χ4n) is 2.37. The summed E-state index contributed by atoms with van der Waals surface area (Å²) in [5.41, 5.74) is 4.82.